The van der Waals surface area contributed by atoms with Crippen molar-refractivity contribution in [1.82, 2.24) is 29.9 Å². The van der Waals surface area contributed by atoms with Gasteiger partial charge in [0.1, 0.15) is 0 Å². The molecule has 3 saturated heterocycles. The summed E-state index contributed by atoms with van der Waals surface area (Å²) in [6, 6.07) is 2.62. The molecular weight excluding hydrogens is 463 g/mol. The lowest BCUT2D eigenvalue weighted by atomic mass is 9.76. The van der Waals surface area contributed by atoms with Gasteiger partial charge in [0.15, 0.2) is 11.5 Å². The topological polar surface area (TPSA) is 95.7 Å². The zero-order chi connectivity index (χ0) is 25.3. The van der Waals surface area contributed by atoms with Crippen LogP contribution in [0.25, 0.3) is 0 Å². The smallest absolute Gasteiger partial charge is 0.275 e. The van der Waals surface area contributed by atoms with Gasteiger partial charge in [-0.3, -0.25) is 14.5 Å². The van der Waals surface area contributed by atoms with Crippen LogP contribution in [0.15, 0.2) is 22.7 Å². The first-order valence-electron chi connectivity index (χ1n) is 13.1. The molecule has 5 rings (SSSR count). The molecule has 3 aliphatic heterocycles. The second-order valence-corrected chi connectivity index (χ2v) is 10.8. The highest BCUT2D eigenvalue weighted by Crippen LogP contribution is 2.49. The number of likely N-dealkylation sites (tertiary alicyclic amines) is 3. The SMILES string of the molecule is CC(C)c1nnc(C2CC3(CCN(C(=O)c4ncccc4F)CC3)CN2CC(=O)N2CCCCC2)o1. The molecule has 0 bridgehead atoms. The zero-order valence-electron chi connectivity index (χ0n) is 21.2. The van der Waals surface area contributed by atoms with Crippen LogP contribution in [-0.4, -0.2) is 81.0 Å². The standard InChI is InChI=1S/C26H35FN6O3/c1-18(2)23-29-30-24(36-23)20-15-26(17-33(20)16-21(34)31-11-4-3-5-12-31)8-13-32(14-9-26)25(35)22-19(27)7-6-10-28-22/h6-7,10,18,20H,3-5,8-9,11-17H2,1-2H3. The molecular formula is C26H35FN6O3. The van der Waals surface area contributed by atoms with Crippen LogP contribution in [0.4, 0.5) is 4.39 Å². The highest BCUT2D eigenvalue weighted by molar-refractivity contribution is 5.92. The van der Waals surface area contributed by atoms with E-state index in [1.165, 1.54) is 24.8 Å². The minimum atomic E-state index is -0.594. The van der Waals surface area contributed by atoms with Crippen molar-refractivity contribution in [2.75, 3.05) is 39.3 Å². The van der Waals surface area contributed by atoms with E-state index >= 15 is 0 Å². The van der Waals surface area contributed by atoms with Gasteiger partial charge in [0.05, 0.1) is 12.6 Å². The van der Waals surface area contributed by atoms with E-state index in [1.807, 2.05) is 18.7 Å². The Hall–Kier alpha value is -2.88. The highest BCUT2D eigenvalue weighted by Gasteiger charge is 2.49. The van der Waals surface area contributed by atoms with E-state index in [1.54, 1.807) is 4.90 Å². The van der Waals surface area contributed by atoms with Crippen molar-refractivity contribution in [2.24, 2.45) is 5.41 Å². The van der Waals surface area contributed by atoms with Gasteiger partial charge in [-0.2, -0.15) is 0 Å². The average Bonchev–Trinajstić information content (AvgIpc) is 3.51. The Balaban J connectivity index is 1.31. The number of piperidine rings is 2. The first-order chi connectivity index (χ1) is 17.3. The molecule has 10 heteroatoms. The maximum Gasteiger partial charge on any atom is 0.275 e. The molecule has 0 radical (unpaired) electrons. The van der Waals surface area contributed by atoms with Crippen LogP contribution in [0.2, 0.25) is 0 Å². The van der Waals surface area contributed by atoms with Gasteiger partial charge in [-0.05, 0) is 56.1 Å². The minimum absolute atomic E-state index is 0.0707. The second-order valence-electron chi connectivity index (χ2n) is 10.8. The normalized spacial score (nSPS) is 22.5. The van der Waals surface area contributed by atoms with Crippen molar-refractivity contribution < 1.29 is 18.4 Å². The molecule has 0 aliphatic carbocycles. The Labute approximate surface area is 211 Å². The lowest BCUT2D eigenvalue weighted by Gasteiger charge is -2.39. The first kappa shape index (κ1) is 24.8. The van der Waals surface area contributed by atoms with Gasteiger partial charge in [-0.25, -0.2) is 9.37 Å². The van der Waals surface area contributed by atoms with Crippen molar-refractivity contribution >= 4 is 11.8 Å². The molecule has 36 heavy (non-hydrogen) atoms. The minimum Gasteiger partial charge on any atom is -0.423 e. The second kappa shape index (κ2) is 10.2. The summed E-state index contributed by atoms with van der Waals surface area (Å²) in [5.41, 5.74) is -0.197. The van der Waals surface area contributed by atoms with Crippen LogP contribution >= 0.6 is 0 Å². The van der Waals surface area contributed by atoms with Crippen LogP contribution in [0.3, 0.4) is 0 Å². The van der Waals surface area contributed by atoms with Gasteiger partial charge in [-0.1, -0.05) is 13.8 Å². The Morgan fingerprint density at radius 2 is 1.86 bits per heavy atom. The van der Waals surface area contributed by atoms with Crippen LogP contribution in [0.1, 0.15) is 86.6 Å². The van der Waals surface area contributed by atoms with Crippen molar-refractivity contribution in [1.29, 1.82) is 0 Å². The number of rotatable bonds is 5. The highest BCUT2D eigenvalue weighted by atomic mass is 19.1. The quantitative estimate of drug-likeness (QED) is 0.623. The first-order valence-corrected chi connectivity index (χ1v) is 13.1. The third-order valence-electron chi connectivity index (χ3n) is 7.96. The van der Waals surface area contributed by atoms with Crippen molar-refractivity contribution in [3.8, 4) is 0 Å². The van der Waals surface area contributed by atoms with Gasteiger partial charge < -0.3 is 14.2 Å². The molecule has 2 aromatic rings. The lowest BCUT2D eigenvalue weighted by Crippen LogP contribution is -2.46. The number of nitrogens with zero attached hydrogens (tertiary/aromatic N) is 6. The largest absolute Gasteiger partial charge is 0.423 e. The summed E-state index contributed by atoms with van der Waals surface area (Å²) in [4.78, 5) is 35.9. The predicted molar refractivity (Wildman–Crippen MR) is 130 cm³/mol. The maximum atomic E-state index is 14.1. The fourth-order valence-electron chi connectivity index (χ4n) is 5.83. The van der Waals surface area contributed by atoms with E-state index in [4.69, 9.17) is 4.42 Å². The molecule has 0 aromatic carbocycles. The summed E-state index contributed by atoms with van der Waals surface area (Å²) in [6.45, 7) is 7.78. The summed E-state index contributed by atoms with van der Waals surface area (Å²) in [5, 5.41) is 8.60. The zero-order valence-corrected chi connectivity index (χ0v) is 21.2. The van der Waals surface area contributed by atoms with E-state index in [-0.39, 0.29) is 34.9 Å². The van der Waals surface area contributed by atoms with E-state index in [0.717, 1.165) is 51.7 Å². The number of aromatic nitrogens is 3. The fourth-order valence-corrected chi connectivity index (χ4v) is 5.83. The Bertz CT molecular complexity index is 1090. The van der Waals surface area contributed by atoms with Crippen LogP contribution in [-0.2, 0) is 4.79 Å². The third-order valence-corrected chi connectivity index (χ3v) is 7.96. The number of carbonyl (C=O) groups is 2. The molecule has 0 N–H and O–H groups in total. The Kier molecular flexibility index (Phi) is 7.05. The third kappa shape index (κ3) is 5.00. The number of hydrogen-bond donors (Lipinski definition) is 0. The Morgan fingerprint density at radius 3 is 2.53 bits per heavy atom. The number of amides is 2. The number of halogens is 1. The van der Waals surface area contributed by atoms with E-state index in [2.05, 4.69) is 20.1 Å². The van der Waals surface area contributed by atoms with Crippen LogP contribution in [0, 0.1) is 11.2 Å². The number of carbonyl (C=O) groups excluding carboxylic acids is 2. The van der Waals surface area contributed by atoms with Gasteiger partial charge in [0, 0.05) is 44.8 Å². The summed E-state index contributed by atoms with van der Waals surface area (Å²) in [7, 11) is 0. The predicted octanol–water partition coefficient (Wildman–Crippen LogP) is 3.41. The molecule has 1 unspecified atom stereocenters. The van der Waals surface area contributed by atoms with Gasteiger partial charge >= 0.3 is 0 Å². The molecule has 2 amide bonds. The van der Waals surface area contributed by atoms with Crippen molar-refractivity contribution in [2.45, 2.75) is 64.3 Å². The van der Waals surface area contributed by atoms with E-state index in [0.29, 0.717) is 31.4 Å². The van der Waals surface area contributed by atoms with Gasteiger partial charge in [0.2, 0.25) is 17.7 Å². The summed E-state index contributed by atoms with van der Waals surface area (Å²) in [5.74, 6) is 0.489. The van der Waals surface area contributed by atoms with Crippen molar-refractivity contribution in [3.63, 3.8) is 0 Å². The molecule has 3 aliphatic rings. The van der Waals surface area contributed by atoms with Crippen LogP contribution < -0.4 is 0 Å². The van der Waals surface area contributed by atoms with Gasteiger partial charge in [-0.15, -0.1) is 10.2 Å². The molecule has 1 spiro atoms. The van der Waals surface area contributed by atoms with E-state index < -0.39 is 5.82 Å². The van der Waals surface area contributed by atoms with Gasteiger partial charge in [0.25, 0.3) is 5.91 Å². The lowest BCUT2D eigenvalue weighted by molar-refractivity contribution is -0.133. The molecule has 0 saturated carbocycles. The summed E-state index contributed by atoms with van der Waals surface area (Å²) in [6.07, 6.45) is 7.06. The van der Waals surface area contributed by atoms with E-state index in [9.17, 15) is 14.0 Å². The average molecular weight is 499 g/mol. The van der Waals surface area contributed by atoms with Crippen LogP contribution in [0.5, 0.6) is 0 Å². The molecule has 9 nitrogen and oxygen atoms in total. The molecule has 194 valence electrons. The van der Waals surface area contributed by atoms with Crippen molar-refractivity contribution in [3.05, 3.63) is 41.6 Å². The maximum absolute atomic E-state index is 14.1. The Morgan fingerprint density at radius 1 is 1.11 bits per heavy atom. The molecule has 1 atom stereocenters. The number of hydrogen-bond acceptors (Lipinski definition) is 7. The molecule has 2 aromatic heterocycles. The summed E-state index contributed by atoms with van der Waals surface area (Å²) >= 11 is 0. The summed E-state index contributed by atoms with van der Waals surface area (Å²) < 4.78 is 20.2. The number of pyridine rings is 1. The fraction of sp³-hybridized carbons (Fsp3) is 0.654. The molecule has 5 heterocycles. The monoisotopic (exact) mass is 498 g/mol. The molecule has 3 fully saturated rings.